The first kappa shape index (κ1) is 20.9. The van der Waals surface area contributed by atoms with E-state index in [9.17, 15) is 14.6 Å². The van der Waals surface area contributed by atoms with Gasteiger partial charge in [0.2, 0.25) is 5.91 Å². The third-order valence-electron chi connectivity index (χ3n) is 5.30. The highest BCUT2D eigenvalue weighted by Crippen LogP contribution is 2.36. The molecule has 29 heavy (non-hydrogen) atoms. The van der Waals surface area contributed by atoms with E-state index in [0.717, 1.165) is 18.8 Å². The van der Waals surface area contributed by atoms with Gasteiger partial charge < -0.3 is 20.0 Å². The summed E-state index contributed by atoms with van der Waals surface area (Å²) in [7, 11) is 4.38. The molecule has 3 atom stereocenters. The van der Waals surface area contributed by atoms with Crippen LogP contribution in [0.15, 0.2) is 48.5 Å². The first-order valence-electron chi connectivity index (χ1n) is 9.72. The number of hydrogen-bond donors (Lipinski definition) is 2. The minimum Gasteiger partial charge on any atom is -0.493 e. The van der Waals surface area contributed by atoms with Crippen LogP contribution in [0.1, 0.15) is 46.7 Å². The van der Waals surface area contributed by atoms with Gasteiger partial charge >= 0.3 is 7.48 Å². The summed E-state index contributed by atoms with van der Waals surface area (Å²) in [5.74, 6) is -0.495. The lowest BCUT2D eigenvalue weighted by Crippen LogP contribution is -2.42. The fourth-order valence-corrected chi connectivity index (χ4v) is 3.65. The summed E-state index contributed by atoms with van der Waals surface area (Å²) < 4.78 is 5.69. The largest absolute Gasteiger partial charge is 0.493 e. The van der Waals surface area contributed by atoms with Crippen molar-refractivity contribution in [1.82, 2.24) is 10.2 Å². The van der Waals surface area contributed by atoms with Gasteiger partial charge in [-0.1, -0.05) is 36.4 Å². The van der Waals surface area contributed by atoms with Gasteiger partial charge in [0.25, 0.3) is 5.91 Å². The van der Waals surface area contributed by atoms with Crippen molar-refractivity contribution in [2.75, 3.05) is 20.7 Å². The summed E-state index contributed by atoms with van der Waals surface area (Å²) in [5.41, 5.74) is 2.25. The van der Waals surface area contributed by atoms with Crippen LogP contribution in [-0.4, -0.2) is 55.9 Å². The Kier molecular flexibility index (Phi) is 6.59. The minimum absolute atomic E-state index is 0.0952. The molecule has 7 heteroatoms. The zero-order valence-corrected chi connectivity index (χ0v) is 17.0. The number of carbonyl (C=O) groups is 2. The molecule has 1 heterocycles. The average molecular weight is 393 g/mol. The average Bonchev–Trinajstić information content (AvgIpc) is 3.14. The maximum absolute atomic E-state index is 12.9. The standard InChI is InChI=1S/C22H26BN2O4/c1-14(16-8-4-5-10-18(16)22(27)25(2)3)21(26)24-20(23-28)12-15-13-29-19-11-7-6-9-17(15)19/h4-11,14-15,20,28H,12-13H2,1-3H3,(H,24,26)/t14-,15-,20+/m1/s1. The van der Waals surface area contributed by atoms with Crippen LogP contribution >= 0.6 is 0 Å². The van der Waals surface area contributed by atoms with Crippen molar-refractivity contribution in [2.45, 2.75) is 31.1 Å². The number of rotatable bonds is 7. The highest BCUT2D eigenvalue weighted by atomic mass is 16.5. The molecule has 2 N–H and O–H groups in total. The van der Waals surface area contributed by atoms with Crippen molar-refractivity contribution in [1.29, 1.82) is 0 Å². The minimum atomic E-state index is -0.537. The molecule has 0 saturated carbocycles. The van der Waals surface area contributed by atoms with Gasteiger partial charge in [-0.2, -0.15) is 0 Å². The third-order valence-corrected chi connectivity index (χ3v) is 5.30. The van der Waals surface area contributed by atoms with Crippen LogP contribution in [0.3, 0.4) is 0 Å². The number of carbonyl (C=O) groups excluding carboxylic acids is 2. The van der Waals surface area contributed by atoms with E-state index in [-0.39, 0.29) is 17.7 Å². The molecule has 0 saturated heterocycles. The number of para-hydroxylation sites is 1. The van der Waals surface area contributed by atoms with Crippen LogP contribution in [0.4, 0.5) is 0 Å². The van der Waals surface area contributed by atoms with Gasteiger partial charge in [-0.25, -0.2) is 0 Å². The second kappa shape index (κ2) is 9.14. The van der Waals surface area contributed by atoms with Crippen LogP contribution in [0.5, 0.6) is 5.75 Å². The Hall–Kier alpha value is -2.80. The molecule has 0 aliphatic carbocycles. The van der Waals surface area contributed by atoms with E-state index in [0.29, 0.717) is 24.2 Å². The SMILES string of the molecule is C[C@@H](C(=O)N[C@H]([B]O)C[C@@H]1COc2ccccc21)c1ccccc1C(=O)N(C)C. The first-order valence-corrected chi connectivity index (χ1v) is 9.72. The highest BCUT2D eigenvalue weighted by molar-refractivity contribution is 6.28. The number of amides is 2. The number of nitrogens with zero attached hydrogens (tertiary/aromatic N) is 1. The number of hydrogen-bond acceptors (Lipinski definition) is 4. The normalized spacial score (nSPS) is 16.9. The monoisotopic (exact) mass is 393 g/mol. The van der Waals surface area contributed by atoms with E-state index in [1.165, 1.54) is 4.90 Å². The molecule has 0 unspecified atom stereocenters. The van der Waals surface area contributed by atoms with Crippen molar-refractivity contribution in [3.8, 4) is 5.75 Å². The number of nitrogens with one attached hydrogen (secondary N) is 1. The van der Waals surface area contributed by atoms with Gasteiger partial charge in [0.05, 0.1) is 12.5 Å². The molecular formula is C22H26BN2O4. The summed E-state index contributed by atoms with van der Waals surface area (Å²) in [5, 5.41) is 12.6. The van der Waals surface area contributed by atoms with Crippen molar-refractivity contribution < 1.29 is 19.3 Å². The molecular weight excluding hydrogens is 367 g/mol. The number of fused-ring (bicyclic) bond motifs is 1. The van der Waals surface area contributed by atoms with E-state index in [1.54, 1.807) is 39.2 Å². The fourth-order valence-electron chi connectivity index (χ4n) is 3.65. The van der Waals surface area contributed by atoms with Gasteiger partial charge in [-0.05, 0) is 31.0 Å². The third kappa shape index (κ3) is 4.62. The molecule has 1 aliphatic heterocycles. The number of ether oxygens (including phenoxy) is 1. The first-order chi connectivity index (χ1) is 13.9. The molecule has 6 nitrogen and oxygen atoms in total. The van der Waals surface area contributed by atoms with Gasteiger partial charge in [-0.3, -0.25) is 9.59 Å². The Bertz CT molecular complexity index is 887. The predicted molar refractivity (Wildman–Crippen MR) is 112 cm³/mol. The van der Waals surface area contributed by atoms with Gasteiger partial charge in [-0.15, -0.1) is 0 Å². The Balaban J connectivity index is 1.70. The second-order valence-corrected chi connectivity index (χ2v) is 7.55. The lowest BCUT2D eigenvalue weighted by Gasteiger charge is -2.23. The van der Waals surface area contributed by atoms with Crippen LogP contribution < -0.4 is 10.1 Å². The Morgan fingerprint density at radius 3 is 2.62 bits per heavy atom. The molecule has 0 bridgehead atoms. The molecule has 3 rings (SSSR count). The van der Waals surface area contributed by atoms with Crippen molar-refractivity contribution >= 4 is 19.3 Å². The molecule has 0 fully saturated rings. The van der Waals surface area contributed by atoms with Gasteiger partial charge in [0.1, 0.15) is 5.75 Å². The maximum Gasteiger partial charge on any atom is 0.311 e. The zero-order valence-electron chi connectivity index (χ0n) is 17.0. The lowest BCUT2D eigenvalue weighted by molar-refractivity contribution is -0.122. The zero-order chi connectivity index (χ0) is 21.0. The van der Waals surface area contributed by atoms with Gasteiger partial charge in [0.15, 0.2) is 0 Å². The van der Waals surface area contributed by atoms with E-state index >= 15 is 0 Å². The van der Waals surface area contributed by atoms with Crippen molar-refractivity contribution in [3.05, 3.63) is 65.2 Å². The smallest absolute Gasteiger partial charge is 0.311 e. The molecule has 0 aromatic heterocycles. The summed E-state index contributed by atoms with van der Waals surface area (Å²) >= 11 is 0. The molecule has 151 valence electrons. The van der Waals surface area contributed by atoms with Crippen molar-refractivity contribution in [2.24, 2.45) is 0 Å². The summed E-state index contributed by atoms with van der Waals surface area (Å²) in [6.45, 7) is 2.29. The molecule has 2 aromatic carbocycles. The van der Waals surface area contributed by atoms with Crippen molar-refractivity contribution in [3.63, 3.8) is 0 Å². The number of benzene rings is 2. The topological polar surface area (TPSA) is 78.9 Å². The summed E-state index contributed by atoms with van der Waals surface area (Å²) in [4.78, 5) is 26.8. The van der Waals surface area contributed by atoms with Crippen LogP contribution in [0.25, 0.3) is 0 Å². The molecule has 2 aromatic rings. The Labute approximate surface area is 172 Å². The summed E-state index contributed by atoms with van der Waals surface area (Å²) in [6.07, 6.45) is 0.532. The molecule has 1 aliphatic rings. The second-order valence-electron chi connectivity index (χ2n) is 7.55. The fraction of sp³-hybridized carbons (Fsp3) is 0.364. The van der Waals surface area contributed by atoms with E-state index < -0.39 is 11.9 Å². The van der Waals surface area contributed by atoms with Gasteiger partial charge in [0, 0.05) is 37.1 Å². The quantitative estimate of drug-likeness (QED) is 0.707. The Morgan fingerprint density at radius 1 is 1.21 bits per heavy atom. The van der Waals surface area contributed by atoms with E-state index in [4.69, 9.17) is 4.74 Å². The predicted octanol–water partition coefficient (Wildman–Crippen LogP) is 2.11. The highest BCUT2D eigenvalue weighted by Gasteiger charge is 2.29. The van der Waals surface area contributed by atoms with Crippen LogP contribution in [0, 0.1) is 0 Å². The molecule has 2 amide bonds. The van der Waals surface area contributed by atoms with E-state index in [1.807, 2.05) is 30.3 Å². The molecule has 1 radical (unpaired) electrons. The Morgan fingerprint density at radius 2 is 1.90 bits per heavy atom. The van der Waals surface area contributed by atoms with Crippen LogP contribution in [0.2, 0.25) is 0 Å². The maximum atomic E-state index is 12.9. The van der Waals surface area contributed by atoms with Crippen LogP contribution in [-0.2, 0) is 4.79 Å². The lowest BCUT2D eigenvalue weighted by atomic mass is 9.79. The molecule has 0 spiro atoms. The summed E-state index contributed by atoms with van der Waals surface area (Å²) in [6, 6.07) is 14.9. The van der Waals surface area contributed by atoms with E-state index in [2.05, 4.69) is 5.32 Å².